The van der Waals surface area contributed by atoms with Gasteiger partial charge in [0.2, 0.25) is 0 Å². The number of rotatable bonds is 4. The molecule has 0 atom stereocenters. The van der Waals surface area contributed by atoms with Gasteiger partial charge in [-0.05, 0) is 25.0 Å². The minimum Gasteiger partial charge on any atom is -0.458 e. The molecule has 0 saturated heterocycles. The molecule has 0 saturated carbocycles. The van der Waals surface area contributed by atoms with Crippen LogP contribution in [0.1, 0.15) is 42.7 Å². The summed E-state index contributed by atoms with van der Waals surface area (Å²) < 4.78 is 5.26. The van der Waals surface area contributed by atoms with Crippen LogP contribution in [0.5, 0.6) is 0 Å². The molecule has 3 heteroatoms. The molecular formula is C17H19NO2. The summed E-state index contributed by atoms with van der Waals surface area (Å²) in [6.07, 6.45) is 3.67. The third-order valence-electron chi connectivity index (χ3n) is 3.09. The lowest BCUT2D eigenvalue weighted by Crippen LogP contribution is -2.08. The van der Waals surface area contributed by atoms with Gasteiger partial charge in [0.15, 0.2) is 0 Å². The Hall–Kier alpha value is -2.16. The highest BCUT2D eigenvalue weighted by atomic mass is 16.5. The Morgan fingerprint density at radius 1 is 1.35 bits per heavy atom. The number of ether oxygens (including phenoxy) is 1. The first-order valence-electron chi connectivity index (χ1n) is 6.81. The number of aromatic nitrogens is 1. The Bertz CT molecular complexity index is 644. The van der Waals surface area contributed by atoms with Gasteiger partial charge in [0, 0.05) is 11.1 Å². The van der Waals surface area contributed by atoms with Gasteiger partial charge in [-0.25, -0.2) is 4.79 Å². The third-order valence-corrected chi connectivity index (χ3v) is 3.09. The number of hydrogen-bond acceptors (Lipinski definition) is 3. The van der Waals surface area contributed by atoms with Crippen LogP contribution in [0.15, 0.2) is 42.5 Å². The molecule has 20 heavy (non-hydrogen) atoms. The van der Waals surface area contributed by atoms with E-state index >= 15 is 0 Å². The van der Waals surface area contributed by atoms with Crippen LogP contribution in [0.3, 0.4) is 0 Å². The van der Waals surface area contributed by atoms with Gasteiger partial charge < -0.3 is 4.74 Å². The number of fused-ring (bicyclic) bond motifs is 1. The number of pyridine rings is 1. The fourth-order valence-electron chi connectivity index (χ4n) is 1.96. The van der Waals surface area contributed by atoms with Crippen molar-refractivity contribution in [1.82, 2.24) is 4.98 Å². The van der Waals surface area contributed by atoms with E-state index in [2.05, 4.69) is 18.8 Å². The second-order valence-electron chi connectivity index (χ2n) is 4.93. The molecule has 0 aliphatic rings. The van der Waals surface area contributed by atoms with Gasteiger partial charge in [0.1, 0.15) is 6.61 Å². The normalized spacial score (nSPS) is 11.4. The molecule has 0 aliphatic carbocycles. The van der Waals surface area contributed by atoms with Crippen molar-refractivity contribution in [3.63, 3.8) is 0 Å². The van der Waals surface area contributed by atoms with Crippen LogP contribution >= 0.6 is 0 Å². The van der Waals surface area contributed by atoms with Crippen molar-refractivity contribution in [3.8, 4) is 0 Å². The molecule has 104 valence electrons. The van der Waals surface area contributed by atoms with Gasteiger partial charge in [-0.2, -0.15) is 0 Å². The summed E-state index contributed by atoms with van der Waals surface area (Å²) in [5.41, 5.74) is 2.32. The Balaban J connectivity index is 2.46. The van der Waals surface area contributed by atoms with Gasteiger partial charge in [-0.15, -0.1) is 0 Å². The zero-order chi connectivity index (χ0) is 14.5. The summed E-state index contributed by atoms with van der Waals surface area (Å²) in [6, 6.07) is 9.49. The van der Waals surface area contributed by atoms with Crippen LogP contribution in [0.25, 0.3) is 10.9 Å². The minimum atomic E-state index is -0.302. The molecule has 0 fully saturated rings. The van der Waals surface area contributed by atoms with Crippen molar-refractivity contribution in [3.05, 3.63) is 53.7 Å². The SMILES string of the molecule is C/C=C/COC(=O)c1cc(C(C)C)nc2ccccc12. The van der Waals surface area contributed by atoms with Crippen LogP contribution < -0.4 is 0 Å². The number of nitrogens with zero attached hydrogens (tertiary/aromatic N) is 1. The molecule has 0 radical (unpaired) electrons. The maximum Gasteiger partial charge on any atom is 0.339 e. The number of para-hydroxylation sites is 1. The Kier molecular flexibility index (Phi) is 4.51. The van der Waals surface area contributed by atoms with Crippen molar-refractivity contribution in [2.45, 2.75) is 26.7 Å². The number of carbonyl (C=O) groups excluding carboxylic acids is 1. The highest BCUT2D eigenvalue weighted by Crippen LogP contribution is 2.23. The Labute approximate surface area is 119 Å². The average Bonchev–Trinajstić information content (AvgIpc) is 2.46. The van der Waals surface area contributed by atoms with E-state index < -0.39 is 0 Å². The molecule has 0 amide bonds. The first-order valence-corrected chi connectivity index (χ1v) is 6.81. The molecule has 0 unspecified atom stereocenters. The zero-order valence-corrected chi connectivity index (χ0v) is 12.1. The van der Waals surface area contributed by atoms with Crippen molar-refractivity contribution in [2.75, 3.05) is 6.61 Å². The number of esters is 1. The van der Waals surface area contributed by atoms with E-state index in [0.717, 1.165) is 16.6 Å². The van der Waals surface area contributed by atoms with Crippen LogP contribution in [-0.4, -0.2) is 17.6 Å². The number of hydrogen-bond donors (Lipinski definition) is 0. The number of benzene rings is 1. The first kappa shape index (κ1) is 14.3. The lowest BCUT2D eigenvalue weighted by molar-refractivity contribution is 0.0551. The van der Waals surface area contributed by atoms with Crippen LogP contribution in [0, 0.1) is 0 Å². The summed E-state index contributed by atoms with van der Waals surface area (Å²) in [7, 11) is 0. The molecule has 0 spiro atoms. The van der Waals surface area contributed by atoms with E-state index in [1.165, 1.54) is 0 Å². The van der Waals surface area contributed by atoms with E-state index in [1.54, 1.807) is 0 Å². The van der Waals surface area contributed by atoms with Crippen LogP contribution in [0.2, 0.25) is 0 Å². The van der Waals surface area contributed by atoms with Gasteiger partial charge in [-0.1, -0.05) is 44.2 Å². The highest BCUT2D eigenvalue weighted by molar-refractivity contribution is 6.03. The maximum atomic E-state index is 12.2. The predicted molar refractivity (Wildman–Crippen MR) is 80.9 cm³/mol. The quantitative estimate of drug-likeness (QED) is 0.620. The van der Waals surface area contributed by atoms with Gasteiger partial charge in [0.05, 0.1) is 11.1 Å². The smallest absolute Gasteiger partial charge is 0.339 e. The number of carbonyl (C=O) groups is 1. The largest absolute Gasteiger partial charge is 0.458 e. The van der Waals surface area contributed by atoms with E-state index in [-0.39, 0.29) is 11.9 Å². The molecule has 1 aromatic heterocycles. The van der Waals surface area contributed by atoms with E-state index in [0.29, 0.717) is 12.2 Å². The predicted octanol–water partition coefficient (Wildman–Crippen LogP) is 4.09. The topological polar surface area (TPSA) is 39.2 Å². The standard InChI is InChI=1S/C17H19NO2/c1-4-5-10-20-17(19)14-11-16(12(2)3)18-15-9-7-6-8-13(14)15/h4-9,11-12H,10H2,1-3H3/b5-4+. The average molecular weight is 269 g/mol. The summed E-state index contributed by atoms with van der Waals surface area (Å²) in [4.78, 5) is 16.8. The lowest BCUT2D eigenvalue weighted by Gasteiger charge is -2.11. The highest BCUT2D eigenvalue weighted by Gasteiger charge is 2.15. The molecule has 2 aromatic rings. The second-order valence-corrected chi connectivity index (χ2v) is 4.93. The van der Waals surface area contributed by atoms with Crippen LogP contribution in [-0.2, 0) is 4.74 Å². The van der Waals surface area contributed by atoms with Crippen molar-refractivity contribution in [2.24, 2.45) is 0 Å². The van der Waals surface area contributed by atoms with E-state index in [1.807, 2.05) is 49.4 Å². The van der Waals surface area contributed by atoms with Gasteiger partial charge >= 0.3 is 5.97 Å². The fourth-order valence-corrected chi connectivity index (χ4v) is 1.96. The Morgan fingerprint density at radius 3 is 2.80 bits per heavy atom. The monoisotopic (exact) mass is 269 g/mol. The molecule has 1 heterocycles. The van der Waals surface area contributed by atoms with Gasteiger partial charge in [0.25, 0.3) is 0 Å². The van der Waals surface area contributed by atoms with E-state index in [9.17, 15) is 4.79 Å². The first-order chi connectivity index (χ1) is 9.63. The summed E-state index contributed by atoms with van der Waals surface area (Å²) in [5, 5.41) is 0.836. The molecule has 2 rings (SSSR count). The van der Waals surface area contributed by atoms with Crippen molar-refractivity contribution in [1.29, 1.82) is 0 Å². The van der Waals surface area contributed by atoms with Crippen LogP contribution in [0.4, 0.5) is 0 Å². The molecule has 1 aromatic carbocycles. The molecule has 0 bridgehead atoms. The van der Waals surface area contributed by atoms with Gasteiger partial charge in [-0.3, -0.25) is 4.98 Å². The fraction of sp³-hybridized carbons (Fsp3) is 0.294. The second kappa shape index (κ2) is 6.33. The van der Waals surface area contributed by atoms with E-state index in [4.69, 9.17) is 4.74 Å². The summed E-state index contributed by atoms with van der Waals surface area (Å²) in [6.45, 7) is 6.31. The Morgan fingerprint density at radius 2 is 2.10 bits per heavy atom. The van der Waals surface area contributed by atoms with Crippen molar-refractivity contribution < 1.29 is 9.53 Å². The molecule has 0 N–H and O–H groups in total. The summed E-state index contributed by atoms with van der Waals surface area (Å²) >= 11 is 0. The number of allylic oxidation sites excluding steroid dienone is 1. The molecule has 0 aliphatic heterocycles. The maximum absolute atomic E-state index is 12.2. The lowest BCUT2D eigenvalue weighted by atomic mass is 10.0. The van der Waals surface area contributed by atoms with Crippen molar-refractivity contribution >= 4 is 16.9 Å². The molecule has 3 nitrogen and oxygen atoms in total. The minimum absolute atomic E-state index is 0.265. The summed E-state index contributed by atoms with van der Waals surface area (Å²) in [5.74, 6) is -0.0368. The molecular weight excluding hydrogens is 250 g/mol. The zero-order valence-electron chi connectivity index (χ0n) is 12.1. The third kappa shape index (κ3) is 3.05.